The molecule has 0 aliphatic rings. The highest BCUT2D eigenvalue weighted by molar-refractivity contribution is 6.34. The summed E-state index contributed by atoms with van der Waals surface area (Å²) in [6.07, 6.45) is 1.62. The molecule has 2 rings (SSSR count). The summed E-state index contributed by atoms with van der Waals surface area (Å²) < 4.78 is 5.11. The number of hydrogen-bond donors (Lipinski definition) is 2. The van der Waals surface area contributed by atoms with Gasteiger partial charge in [0.2, 0.25) is 0 Å². The Kier molecular flexibility index (Phi) is 5.00. The molecule has 1 aromatic carbocycles. The summed E-state index contributed by atoms with van der Waals surface area (Å²) in [5.74, 6) is 0.290. The van der Waals surface area contributed by atoms with E-state index in [0.717, 1.165) is 12.2 Å². The van der Waals surface area contributed by atoms with E-state index in [2.05, 4.69) is 15.6 Å². The van der Waals surface area contributed by atoms with Gasteiger partial charge in [-0.3, -0.25) is 4.79 Å². The van der Waals surface area contributed by atoms with Crippen LogP contribution in [-0.4, -0.2) is 24.5 Å². The fraction of sp³-hybridized carbons (Fsp3) is 0.200. The lowest BCUT2D eigenvalue weighted by Crippen LogP contribution is -2.14. The maximum atomic E-state index is 12.1. The quantitative estimate of drug-likeness (QED) is 0.888. The third-order valence-corrected chi connectivity index (χ3v) is 3.13. The molecule has 0 atom stereocenters. The van der Waals surface area contributed by atoms with Crippen molar-refractivity contribution in [1.82, 2.24) is 4.98 Å². The van der Waals surface area contributed by atoms with Gasteiger partial charge < -0.3 is 15.4 Å². The molecule has 5 nitrogen and oxygen atoms in total. The van der Waals surface area contributed by atoms with Crippen LogP contribution in [0.15, 0.2) is 36.5 Å². The largest absolute Gasteiger partial charge is 0.497 e. The maximum Gasteiger partial charge on any atom is 0.274 e. The van der Waals surface area contributed by atoms with Gasteiger partial charge in [0.25, 0.3) is 5.91 Å². The minimum absolute atomic E-state index is 0.315. The van der Waals surface area contributed by atoms with Crippen molar-refractivity contribution in [1.29, 1.82) is 0 Å². The number of aromatic nitrogens is 1. The van der Waals surface area contributed by atoms with Crippen molar-refractivity contribution in [2.24, 2.45) is 0 Å². The molecule has 110 valence electrons. The Labute approximate surface area is 128 Å². The summed E-state index contributed by atoms with van der Waals surface area (Å²) in [6, 6.07) is 8.51. The van der Waals surface area contributed by atoms with Gasteiger partial charge in [0.05, 0.1) is 29.7 Å². The smallest absolute Gasteiger partial charge is 0.274 e. The molecule has 2 aromatic rings. The van der Waals surface area contributed by atoms with Gasteiger partial charge >= 0.3 is 0 Å². The first kappa shape index (κ1) is 15.1. The Morgan fingerprint density at radius 1 is 1.33 bits per heavy atom. The second kappa shape index (κ2) is 6.95. The van der Waals surface area contributed by atoms with Crippen molar-refractivity contribution in [2.45, 2.75) is 6.92 Å². The molecule has 1 amide bonds. The van der Waals surface area contributed by atoms with Crippen molar-refractivity contribution < 1.29 is 9.53 Å². The highest BCUT2D eigenvalue weighted by atomic mass is 35.5. The summed E-state index contributed by atoms with van der Waals surface area (Å²) in [7, 11) is 1.55. The topological polar surface area (TPSA) is 63.2 Å². The molecule has 0 aliphatic heterocycles. The first-order valence-corrected chi connectivity index (χ1v) is 6.86. The molecule has 0 radical (unpaired) electrons. The van der Waals surface area contributed by atoms with Crippen LogP contribution >= 0.6 is 11.6 Å². The van der Waals surface area contributed by atoms with Crippen LogP contribution < -0.4 is 15.4 Å². The number of rotatable bonds is 5. The molecule has 0 fully saturated rings. The molecule has 21 heavy (non-hydrogen) atoms. The molecule has 2 N–H and O–H groups in total. The second-order valence-corrected chi connectivity index (χ2v) is 4.67. The third kappa shape index (κ3) is 3.86. The number of amides is 1. The van der Waals surface area contributed by atoms with Crippen LogP contribution in [0.5, 0.6) is 5.75 Å². The number of carbonyl (C=O) groups is 1. The number of nitrogens with zero attached hydrogens (tertiary/aromatic N) is 1. The Balaban J connectivity index is 2.14. The van der Waals surface area contributed by atoms with Crippen LogP contribution in [0.2, 0.25) is 5.02 Å². The van der Waals surface area contributed by atoms with Crippen molar-refractivity contribution in [3.63, 3.8) is 0 Å². The third-order valence-electron chi connectivity index (χ3n) is 2.80. The lowest BCUT2D eigenvalue weighted by molar-refractivity contribution is 0.102. The summed E-state index contributed by atoms with van der Waals surface area (Å²) >= 11 is 6.05. The van der Waals surface area contributed by atoms with Crippen molar-refractivity contribution >= 4 is 28.9 Å². The standard InChI is InChI=1S/C15H16ClN3O2/c1-3-17-10-4-7-13(18-9-10)15(20)19-14-8-11(21-2)5-6-12(14)16/h4-9,17H,3H2,1-2H3,(H,19,20). The van der Waals surface area contributed by atoms with Gasteiger partial charge in [-0.1, -0.05) is 11.6 Å². The normalized spacial score (nSPS) is 10.0. The zero-order valence-electron chi connectivity index (χ0n) is 11.8. The monoisotopic (exact) mass is 305 g/mol. The van der Waals surface area contributed by atoms with Crippen LogP contribution in [0.3, 0.4) is 0 Å². The lowest BCUT2D eigenvalue weighted by Gasteiger charge is -2.09. The Bertz CT molecular complexity index is 629. The van der Waals surface area contributed by atoms with Gasteiger partial charge in [-0.2, -0.15) is 0 Å². The highest BCUT2D eigenvalue weighted by Crippen LogP contribution is 2.27. The van der Waals surface area contributed by atoms with Gasteiger partial charge in [0, 0.05) is 12.6 Å². The SMILES string of the molecule is CCNc1ccc(C(=O)Nc2cc(OC)ccc2Cl)nc1. The van der Waals surface area contributed by atoms with E-state index in [1.54, 1.807) is 43.6 Å². The molecular weight excluding hydrogens is 290 g/mol. The number of methoxy groups -OCH3 is 1. The molecule has 0 saturated carbocycles. The zero-order valence-corrected chi connectivity index (χ0v) is 12.6. The Morgan fingerprint density at radius 2 is 2.14 bits per heavy atom. The van der Waals surface area contributed by atoms with Crippen LogP contribution in [-0.2, 0) is 0 Å². The second-order valence-electron chi connectivity index (χ2n) is 4.26. The number of nitrogens with one attached hydrogen (secondary N) is 2. The summed E-state index contributed by atoms with van der Waals surface area (Å²) in [4.78, 5) is 16.3. The average Bonchev–Trinajstić information content (AvgIpc) is 2.50. The first-order valence-electron chi connectivity index (χ1n) is 6.49. The van der Waals surface area contributed by atoms with Crippen LogP contribution in [0.1, 0.15) is 17.4 Å². The minimum Gasteiger partial charge on any atom is -0.497 e. The van der Waals surface area contributed by atoms with E-state index in [9.17, 15) is 4.79 Å². The summed E-state index contributed by atoms with van der Waals surface area (Å²) in [6.45, 7) is 2.79. The molecule has 1 aromatic heterocycles. The van der Waals surface area contributed by atoms with E-state index in [-0.39, 0.29) is 5.91 Å². The molecule has 0 spiro atoms. The Hall–Kier alpha value is -2.27. The predicted molar refractivity (Wildman–Crippen MR) is 84.4 cm³/mol. The van der Waals surface area contributed by atoms with Gasteiger partial charge in [-0.15, -0.1) is 0 Å². The molecular formula is C15H16ClN3O2. The van der Waals surface area contributed by atoms with Crippen molar-refractivity contribution in [3.8, 4) is 5.75 Å². The number of carbonyl (C=O) groups excluding carboxylic acids is 1. The predicted octanol–water partition coefficient (Wildman–Crippen LogP) is 3.43. The number of anilines is 2. The van der Waals surface area contributed by atoms with E-state index in [4.69, 9.17) is 16.3 Å². The van der Waals surface area contributed by atoms with Gasteiger partial charge in [-0.05, 0) is 31.2 Å². The number of halogens is 1. The van der Waals surface area contributed by atoms with Crippen molar-refractivity contribution in [2.75, 3.05) is 24.3 Å². The number of hydrogen-bond acceptors (Lipinski definition) is 4. The summed E-state index contributed by atoms with van der Waals surface area (Å²) in [5.41, 5.74) is 1.67. The van der Waals surface area contributed by atoms with Crippen LogP contribution in [0.25, 0.3) is 0 Å². The molecule has 1 heterocycles. The van der Waals surface area contributed by atoms with Gasteiger partial charge in [-0.25, -0.2) is 4.98 Å². The van der Waals surface area contributed by atoms with Crippen molar-refractivity contribution in [3.05, 3.63) is 47.2 Å². The molecule has 0 unspecified atom stereocenters. The summed E-state index contributed by atoms with van der Waals surface area (Å²) in [5, 5.41) is 6.27. The van der Waals surface area contributed by atoms with E-state index < -0.39 is 0 Å². The highest BCUT2D eigenvalue weighted by Gasteiger charge is 2.10. The van der Waals surface area contributed by atoms with E-state index in [1.165, 1.54) is 0 Å². The average molecular weight is 306 g/mol. The van der Waals surface area contributed by atoms with E-state index >= 15 is 0 Å². The minimum atomic E-state index is -0.326. The van der Waals surface area contributed by atoms with Crippen LogP contribution in [0.4, 0.5) is 11.4 Å². The fourth-order valence-corrected chi connectivity index (χ4v) is 1.92. The molecule has 0 saturated heterocycles. The number of pyridine rings is 1. The lowest BCUT2D eigenvalue weighted by atomic mass is 10.2. The van der Waals surface area contributed by atoms with E-state index in [0.29, 0.717) is 22.2 Å². The maximum absolute atomic E-state index is 12.1. The Morgan fingerprint density at radius 3 is 2.76 bits per heavy atom. The molecule has 6 heteroatoms. The van der Waals surface area contributed by atoms with Gasteiger partial charge in [0.1, 0.15) is 11.4 Å². The molecule has 0 bridgehead atoms. The number of ether oxygens (including phenoxy) is 1. The first-order chi connectivity index (χ1) is 10.1. The number of benzene rings is 1. The van der Waals surface area contributed by atoms with Gasteiger partial charge in [0.15, 0.2) is 0 Å². The van der Waals surface area contributed by atoms with Crippen LogP contribution in [0, 0.1) is 0 Å². The fourth-order valence-electron chi connectivity index (χ4n) is 1.75. The zero-order chi connectivity index (χ0) is 15.2. The molecule has 0 aliphatic carbocycles. The van der Waals surface area contributed by atoms with E-state index in [1.807, 2.05) is 6.92 Å².